The molecule has 9 heteroatoms. The zero-order chi connectivity index (χ0) is 19.7. The van der Waals surface area contributed by atoms with Crippen molar-refractivity contribution in [3.05, 3.63) is 35.9 Å². The molecule has 2 saturated heterocycles. The average molecular weight is 395 g/mol. The number of methoxy groups -OCH3 is 1. The fourth-order valence-electron chi connectivity index (χ4n) is 3.61. The molecule has 2 atom stereocenters. The van der Waals surface area contributed by atoms with E-state index in [1.807, 2.05) is 23.1 Å². The molecule has 27 heavy (non-hydrogen) atoms. The van der Waals surface area contributed by atoms with Gasteiger partial charge in [-0.25, -0.2) is 18.1 Å². The summed E-state index contributed by atoms with van der Waals surface area (Å²) < 4.78 is 28.8. The number of urea groups is 1. The molecule has 148 valence electrons. The van der Waals surface area contributed by atoms with Gasteiger partial charge in [0.25, 0.3) is 5.91 Å². The van der Waals surface area contributed by atoms with Crippen molar-refractivity contribution in [2.45, 2.75) is 24.9 Å². The Morgan fingerprint density at radius 3 is 2.59 bits per heavy atom. The number of imide groups is 1. The predicted octanol–water partition coefficient (Wildman–Crippen LogP) is 0.547. The van der Waals surface area contributed by atoms with Crippen LogP contribution in [0.15, 0.2) is 30.3 Å². The van der Waals surface area contributed by atoms with E-state index < -0.39 is 21.4 Å². The van der Waals surface area contributed by atoms with Crippen LogP contribution in [0.1, 0.15) is 18.9 Å². The minimum absolute atomic E-state index is 0.0380. The summed E-state index contributed by atoms with van der Waals surface area (Å²) in [7, 11) is -1.52. The minimum Gasteiger partial charge on any atom is -0.383 e. The number of rotatable bonds is 7. The Morgan fingerprint density at radius 2 is 2.00 bits per heavy atom. The van der Waals surface area contributed by atoms with Crippen LogP contribution < -0.4 is 5.32 Å². The number of sulfone groups is 1. The van der Waals surface area contributed by atoms with Crippen LogP contribution in [-0.2, 0) is 24.9 Å². The van der Waals surface area contributed by atoms with Crippen LogP contribution in [0.3, 0.4) is 0 Å². The lowest BCUT2D eigenvalue weighted by Crippen LogP contribution is -2.48. The maximum atomic E-state index is 13.1. The molecule has 0 unspecified atom stereocenters. The van der Waals surface area contributed by atoms with Crippen molar-refractivity contribution in [3.63, 3.8) is 0 Å². The van der Waals surface area contributed by atoms with E-state index in [4.69, 9.17) is 4.74 Å². The van der Waals surface area contributed by atoms with Crippen LogP contribution in [-0.4, -0.2) is 74.6 Å². The molecule has 3 rings (SSSR count). The van der Waals surface area contributed by atoms with Gasteiger partial charge in [0.15, 0.2) is 9.84 Å². The van der Waals surface area contributed by atoms with E-state index >= 15 is 0 Å². The molecule has 0 aromatic heterocycles. The highest BCUT2D eigenvalue weighted by Gasteiger charge is 2.49. The van der Waals surface area contributed by atoms with Crippen molar-refractivity contribution < 1.29 is 22.7 Å². The van der Waals surface area contributed by atoms with Crippen LogP contribution in [0.4, 0.5) is 4.79 Å². The summed E-state index contributed by atoms with van der Waals surface area (Å²) in [5.74, 6) is -0.179. The second-order valence-corrected chi connectivity index (χ2v) is 9.39. The summed E-state index contributed by atoms with van der Waals surface area (Å²) in [6.07, 6.45) is 0.492. The lowest BCUT2D eigenvalue weighted by Gasteiger charge is -2.31. The van der Waals surface area contributed by atoms with E-state index in [1.54, 1.807) is 26.2 Å². The Bertz CT molecular complexity index is 814. The van der Waals surface area contributed by atoms with E-state index in [9.17, 15) is 18.0 Å². The SMILES string of the molecule is COCCN(CN1C(=O)N[C@](C)(c2ccccc2)C1=O)[C@@H]1CCS(=O)(=O)C1. The molecule has 2 heterocycles. The van der Waals surface area contributed by atoms with Crippen molar-refractivity contribution in [1.29, 1.82) is 0 Å². The van der Waals surface area contributed by atoms with Gasteiger partial charge in [0, 0.05) is 19.7 Å². The first-order valence-electron chi connectivity index (χ1n) is 8.90. The standard InChI is InChI=1S/C18H25N3O5S/c1-18(14-6-4-3-5-7-14)16(22)21(17(23)19-18)13-20(9-10-26-2)15-8-11-27(24,25)12-15/h3-7,15H,8-13H2,1-2H3,(H,19,23)/t15-,18-/m1/s1. The molecule has 2 aliphatic heterocycles. The van der Waals surface area contributed by atoms with Crippen LogP contribution in [0.25, 0.3) is 0 Å². The average Bonchev–Trinajstić information content (AvgIpc) is 3.11. The summed E-state index contributed by atoms with van der Waals surface area (Å²) in [6.45, 7) is 2.55. The smallest absolute Gasteiger partial charge is 0.326 e. The lowest BCUT2D eigenvalue weighted by molar-refractivity contribution is -0.133. The number of benzene rings is 1. The fourth-order valence-corrected chi connectivity index (χ4v) is 5.38. The minimum atomic E-state index is -3.08. The van der Waals surface area contributed by atoms with E-state index in [0.717, 1.165) is 4.90 Å². The van der Waals surface area contributed by atoms with Crippen LogP contribution in [0.5, 0.6) is 0 Å². The quantitative estimate of drug-likeness (QED) is 0.678. The molecule has 3 amide bonds. The zero-order valence-electron chi connectivity index (χ0n) is 15.6. The van der Waals surface area contributed by atoms with E-state index in [1.165, 1.54) is 0 Å². The number of carbonyl (C=O) groups is 2. The Kier molecular flexibility index (Phi) is 5.55. The lowest BCUT2D eigenvalue weighted by atomic mass is 9.92. The summed E-state index contributed by atoms with van der Waals surface area (Å²) in [4.78, 5) is 28.6. The monoisotopic (exact) mass is 395 g/mol. The maximum absolute atomic E-state index is 13.1. The fraction of sp³-hybridized carbons (Fsp3) is 0.556. The van der Waals surface area contributed by atoms with Gasteiger partial charge in [-0.15, -0.1) is 0 Å². The second kappa shape index (κ2) is 7.57. The van der Waals surface area contributed by atoms with Crippen molar-refractivity contribution in [2.75, 3.05) is 38.4 Å². The molecule has 8 nitrogen and oxygen atoms in total. The van der Waals surface area contributed by atoms with Gasteiger partial charge in [0.1, 0.15) is 5.54 Å². The van der Waals surface area contributed by atoms with Crippen molar-refractivity contribution in [3.8, 4) is 0 Å². The van der Waals surface area contributed by atoms with Crippen LogP contribution in [0.2, 0.25) is 0 Å². The highest BCUT2D eigenvalue weighted by Crippen LogP contribution is 2.29. The second-order valence-electron chi connectivity index (χ2n) is 7.16. The van der Waals surface area contributed by atoms with Gasteiger partial charge in [-0.3, -0.25) is 9.69 Å². The topological polar surface area (TPSA) is 96.0 Å². The van der Waals surface area contributed by atoms with Crippen LogP contribution in [0, 0.1) is 0 Å². The summed E-state index contributed by atoms with van der Waals surface area (Å²) >= 11 is 0. The Labute approximate surface area is 159 Å². The summed E-state index contributed by atoms with van der Waals surface area (Å²) in [5.41, 5.74) is -0.426. The summed E-state index contributed by atoms with van der Waals surface area (Å²) in [6, 6.07) is 8.37. The van der Waals surface area contributed by atoms with Gasteiger partial charge in [-0.2, -0.15) is 0 Å². The first kappa shape index (κ1) is 19.8. The number of hydrogen-bond donors (Lipinski definition) is 1. The molecule has 1 aromatic rings. The molecular formula is C18H25N3O5S. The zero-order valence-corrected chi connectivity index (χ0v) is 16.4. The summed E-state index contributed by atoms with van der Waals surface area (Å²) in [5, 5.41) is 2.78. The van der Waals surface area contributed by atoms with Gasteiger partial charge < -0.3 is 10.1 Å². The molecule has 1 N–H and O–H groups in total. The molecule has 0 radical (unpaired) electrons. The van der Waals surface area contributed by atoms with E-state index in [-0.39, 0.29) is 30.1 Å². The molecule has 0 aliphatic carbocycles. The van der Waals surface area contributed by atoms with Gasteiger partial charge in [0.05, 0.1) is 24.8 Å². The number of hydrogen-bond acceptors (Lipinski definition) is 6. The van der Waals surface area contributed by atoms with Crippen molar-refractivity contribution >= 4 is 21.8 Å². The predicted molar refractivity (Wildman–Crippen MR) is 99.7 cm³/mol. The third-order valence-corrected chi connectivity index (χ3v) is 7.01. The van der Waals surface area contributed by atoms with Gasteiger partial charge >= 0.3 is 6.03 Å². The molecule has 1 aromatic carbocycles. The maximum Gasteiger partial charge on any atom is 0.326 e. The molecule has 2 fully saturated rings. The number of amides is 3. The first-order valence-corrected chi connectivity index (χ1v) is 10.7. The number of nitrogens with zero attached hydrogens (tertiary/aromatic N) is 2. The molecule has 2 aliphatic rings. The molecule has 0 spiro atoms. The molecule has 0 bridgehead atoms. The molecule has 0 saturated carbocycles. The molecular weight excluding hydrogens is 370 g/mol. The van der Waals surface area contributed by atoms with E-state index in [0.29, 0.717) is 25.1 Å². The Hall–Kier alpha value is -1.97. The first-order chi connectivity index (χ1) is 12.8. The largest absolute Gasteiger partial charge is 0.383 e. The third kappa shape index (κ3) is 3.99. The van der Waals surface area contributed by atoms with Gasteiger partial charge in [0.2, 0.25) is 0 Å². The van der Waals surface area contributed by atoms with Crippen LogP contribution >= 0.6 is 0 Å². The normalized spacial score (nSPS) is 27.4. The number of ether oxygens (including phenoxy) is 1. The van der Waals surface area contributed by atoms with Crippen molar-refractivity contribution in [1.82, 2.24) is 15.1 Å². The number of nitrogens with one attached hydrogen (secondary N) is 1. The number of carbonyl (C=O) groups excluding carboxylic acids is 2. The highest BCUT2D eigenvalue weighted by molar-refractivity contribution is 7.91. The van der Waals surface area contributed by atoms with Crippen molar-refractivity contribution in [2.24, 2.45) is 0 Å². The highest BCUT2D eigenvalue weighted by atomic mass is 32.2. The van der Waals surface area contributed by atoms with Gasteiger partial charge in [-0.1, -0.05) is 30.3 Å². The van der Waals surface area contributed by atoms with E-state index in [2.05, 4.69) is 5.32 Å². The Balaban J connectivity index is 1.79. The van der Waals surface area contributed by atoms with Gasteiger partial charge in [-0.05, 0) is 18.9 Å². The third-order valence-electron chi connectivity index (χ3n) is 5.26. The Morgan fingerprint density at radius 1 is 1.30 bits per heavy atom.